The molecular formula is C12H16ClO5P. The van der Waals surface area contributed by atoms with Gasteiger partial charge in [-0.05, 0) is 49.2 Å². The minimum Gasteiger partial charge on any atom is -0.481 e. The minimum atomic E-state index is -3.78. The molecule has 0 fully saturated rings. The third kappa shape index (κ3) is 5.74. The molecule has 2 unspecified atom stereocenters. The van der Waals surface area contributed by atoms with Crippen molar-refractivity contribution in [3.63, 3.8) is 0 Å². The average molecular weight is 307 g/mol. The number of carbonyl (C=O) groups is 1. The fourth-order valence-electron chi connectivity index (χ4n) is 1.22. The third-order valence-electron chi connectivity index (χ3n) is 2.40. The van der Waals surface area contributed by atoms with Crippen molar-refractivity contribution in [3.8, 4) is 5.75 Å². The van der Waals surface area contributed by atoms with Crippen molar-refractivity contribution >= 4 is 24.4 Å². The van der Waals surface area contributed by atoms with Crippen LogP contribution in [0.25, 0.3) is 0 Å². The Kier molecular flexibility index (Phi) is 6.01. The molecule has 0 spiro atoms. The third-order valence-corrected chi connectivity index (χ3v) is 3.76. The van der Waals surface area contributed by atoms with E-state index in [1.807, 2.05) is 6.92 Å². The SMILES string of the molecule is CCC(C)OP(=O)(O)COc1ccc(C(=O)Cl)cc1. The Labute approximate surface area is 117 Å². The van der Waals surface area contributed by atoms with Gasteiger partial charge >= 0.3 is 7.60 Å². The Bertz CT molecular complexity index is 474. The van der Waals surface area contributed by atoms with E-state index in [0.717, 1.165) is 0 Å². The van der Waals surface area contributed by atoms with Gasteiger partial charge < -0.3 is 14.2 Å². The van der Waals surface area contributed by atoms with Crippen LogP contribution in [0.1, 0.15) is 30.6 Å². The summed E-state index contributed by atoms with van der Waals surface area (Å²) in [5.41, 5.74) is 0.331. The highest BCUT2D eigenvalue weighted by molar-refractivity contribution is 7.52. The fourth-order valence-corrected chi connectivity index (χ4v) is 2.43. The van der Waals surface area contributed by atoms with E-state index in [4.69, 9.17) is 20.9 Å². The Hall–Kier alpha value is -0.870. The molecule has 1 N–H and O–H groups in total. The maximum absolute atomic E-state index is 11.7. The summed E-state index contributed by atoms with van der Waals surface area (Å²) in [6.45, 7) is 3.57. The molecule has 0 heterocycles. The Morgan fingerprint density at radius 2 is 2.00 bits per heavy atom. The van der Waals surface area contributed by atoms with Gasteiger partial charge in [0.2, 0.25) is 0 Å². The van der Waals surface area contributed by atoms with Crippen LogP contribution in [0.4, 0.5) is 0 Å². The maximum Gasteiger partial charge on any atom is 0.365 e. The van der Waals surface area contributed by atoms with Crippen LogP contribution in [0.2, 0.25) is 0 Å². The summed E-state index contributed by atoms with van der Waals surface area (Å²) in [4.78, 5) is 20.4. The molecule has 0 radical (unpaired) electrons. The number of benzene rings is 1. The molecule has 0 aliphatic heterocycles. The van der Waals surface area contributed by atoms with E-state index >= 15 is 0 Å². The Balaban J connectivity index is 2.56. The molecule has 1 rings (SSSR count). The van der Waals surface area contributed by atoms with Gasteiger partial charge in [-0.2, -0.15) is 0 Å². The van der Waals surface area contributed by atoms with Crippen molar-refractivity contribution in [2.24, 2.45) is 0 Å². The van der Waals surface area contributed by atoms with Crippen LogP contribution in [-0.2, 0) is 9.09 Å². The van der Waals surface area contributed by atoms with Crippen molar-refractivity contribution < 1.29 is 23.5 Å². The fraction of sp³-hybridized carbons (Fsp3) is 0.417. The van der Waals surface area contributed by atoms with Crippen LogP contribution in [0.5, 0.6) is 5.75 Å². The van der Waals surface area contributed by atoms with E-state index in [1.165, 1.54) is 24.3 Å². The molecule has 0 aromatic heterocycles. The van der Waals surface area contributed by atoms with E-state index < -0.39 is 19.2 Å². The molecule has 19 heavy (non-hydrogen) atoms. The largest absolute Gasteiger partial charge is 0.481 e. The lowest BCUT2D eigenvalue weighted by Crippen LogP contribution is -2.09. The monoisotopic (exact) mass is 306 g/mol. The molecule has 7 heteroatoms. The van der Waals surface area contributed by atoms with Gasteiger partial charge in [0.05, 0.1) is 6.10 Å². The molecule has 106 valence electrons. The molecule has 1 aromatic carbocycles. The number of carbonyl (C=O) groups excluding carboxylic acids is 1. The van der Waals surface area contributed by atoms with Crippen molar-refractivity contribution in [3.05, 3.63) is 29.8 Å². The lowest BCUT2D eigenvalue weighted by Gasteiger charge is -2.17. The quantitative estimate of drug-likeness (QED) is 0.617. The molecule has 0 aliphatic carbocycles. The van der Waals surface area contributed by atoms with Gasteiger partial charge in [0, 0.05) is 5.56 Å². The predicted molar refractivity (Wildman–Crippen MR) is 72.8 cm³/mol. The number of rotatable bonds is 7. The molecule has 0 aliphatic rings. The molecular weight excluding hydrogens is 291 g/mol. The summed E-state index contributed by atoms with van der Waals surface area (Å²) >= 11 is 5.29. The zero-order valence-corrected chi connectivity index (χ0v) is 12.4. The van der Waals surface area contributed by atoms with Crippen LogP contribution in [0.15, 0.2) is 24.3 Å². The van der Waals surface area contributed by atoms with Gasteiger partial charge in [0.1, 0.15) is 5.75 Å². The number of hydrogen-bond donors (Lipinski definition) is 1. The number of ether oxygens (including phenoxy) is 1. The number of halogens is 1. The van der Waals surface area contributed by atoms with Gasteiger partial charge in [-0.1, -0.05) is 6.92 Å². The molecule has 0 saturated carbocycles. The first-order valence-corrected chi connectivity index (χ1v) is 7.91. The van der Waals surface area contributed by atoms with Gasteiger partial charge in [-0.15, -0.1) is 0 Å². The van der Waals surface area contributed by atoms with Crippen molar-refractivity contribution in [1.29, 1.82) is 0 Å². The zero-order chi connectivity index (χ0) is 14.5. The second-order valence-electron chi connectivity index (χ2n) is 4.03. The summed E-state index contributed by atoms with van der Waals surface area (Å²) < 4.78 is 21.8. The van der Waals surface area contributed by atoms with E-state index in [-0.39, 0.29) is 6.10 Å². The zero-order valence-electron chi connectivity index (χ0n) is 10.7. The summed E-state index contributed by atoms with van der Waals surface area (Å²) in [5.74, 6) is 0.365. The second kappa shape index (κ2) is 7.06. The highest BCUT2D eigenvalue weighted by atomic mass is 35.5. The maximum atomic E-state index is 11.7. The van der Waals surface area contributed by atoms with Crippen molar-refractivity contribution in [1.82, 2.24) is 0 Å². The smallest absolute Gasteiger partial charge is 0.365 e. The standard InChI is InChI=1S/C12H16ClO5P/c1-3-9(2)18-19(15,16)8-17-11-6-4-10(5-7-11)12(13)14/h4-7,9H,3,8H2,1-2H3,(H,15,16). The van der Waals surface area contributed by atoms with E-state index in [2.05, 4.69) is 0 Å². The van der Waals surface area contributed by atoms with E-state index in [1.54, 1.807) is 6.92 Å². The summed E-state index contributed by atoms with van der Waals surface area (Å²) in [6.07, 6.45) is -0.113. The van der Waals surface area contributed by atoms with E-state index in [9.17, 15) is 14.3 Å². The normalized spacial score (nSPS) is 15.6. The molecule has 1 aromatic rings. The lowest BCUT2D eigenvalue weighted by atomic mass is 10.2. The summed E-state index contributed by atoms with van der Waals surface area (Å²) in [5, 5.41) is -0.570. The van der Waals surface area contributed by atoms with Gasteiger partial charge in [-0.3, -0.25) is 9.36 Å². The van der Waals surface area contributed by atoms with Gasteiger partial charge in [0.15, 0.2) is 6.35 Å². The first-order valence-electron chi connectivity index (χ1n) is 5.77. The van der Waals surface area contributed by atoms with E-state index in [0.29, 0.717) is 17.7 Å². The second-order valence-corrected chi connectivity index (χ2v) is 6.12. The highest BCUT2D eigenvalue weighted by Crippen LogP contribution is 2.43. The molecule has 5 nitrogen and oxygen atoms in total. The summed E-state index contributed by atoms with van der Waals surface area (Å²) in [7, 11) is -3.78. The molecule has 2 atom stereocenters. The Morgan fingerprint density at radius 3 is 2.47 bits per heavy atom. The van der Waals surface area contributed by atoms with Gasteiger partial charge in [-0.25, -0.2) is 0 Å². The number of hydrogen-bond acceptors (Lipinski definition) is 4. The predicted octanol–water partition coefficient (Wildman–Crippen LogP) is 3.40. The lowest BCUT2D eigenvalue weighted by molar-refractivity contribution is 0.108. The first kappa shape index (κ1) is 16.2. The first-order chi connectivity index (χ1) is 8.84. The topological polar surface area (TPSA) is 72.8 Å². The van der Waals surface area contributed by atoms with Crippen molar-refractivity contribution in [2.75, 3.05) is 6.35 Å². The Morgan fingerprint density at radius 1 is 1.42 bits per heavy atom. The minimum absolute atomic E-state index is 0.310. The van der Waals surface area contributed by atoms with Crippen LogP contribution >= 0.6 is 19.2 Å². The van der Waals surface area contributed by atoms with Crippen LogP contribution in [0, 0.1) is 0 Å². The highest BCUT2D eigenvalue weighted by Gasteiger charge is 2.23. The van der Waals surface area contributed by atoms with Crippen LogP contribution in [0.3, 0.4) is 0 Å². The molecule has 0 bridgehead atoms. The van der Waals surface area contributed by atoms with Crippen LogP contribution < -0.4 is 4.74 Å². The molecule has 0 amide bonds. The van der Waals surface area contributed by atoms with Crippen LogP contribution in [-0.4, -0.2) is 22.6 Å². The average Bonchev–Trinajstić information content (AvgIpc) is 2.36. The summed E-state index contributed by atoms with van der Waals surface area (Å²) in [6, 6.07) is 5.95. The van der Waals surface area contributed by atoms with Crippen molar-refractivity contribution in [2.45, 2.75) is 26.4 Å². The van der Waals surface area contributed by atoms with Gasteiger partial charge in [0.25, 0.3) is 5.24 Å². The molecule has 0 saturated heterocycles.